The van der Waals surface area contributed by atoms with E-state index in [1.807, 2.05) is 17.5 Å². The van der Waals surface area contributed by atoms with Crippen LogP contribution in [-0.2, 0) is 14.8 Å². The largest absolute Gasteiger partial charge is 0.271 e. The normalized spacial score (nSPS) is 11.6. The predicted molar refractivity (Wildman–Crippen MR) is 88.6 cm³/mol. The third kappa shape index (κ3) is 5.15. The van der Waals surface area contributed by atoms with Gasteiger partial charge in [-0.3, -0.25) is 9.10 Å². The van der Waals surface area contributed by atoms with E-state index < -0.39 is 28.3 Å². The van der Waals surface area contributed by atoms with E-state index in [0.29, 0.717) is 0 Å². The molecule has 0 radical (unpaired) electrons. The zero-order chi connectivity index (χ0) is 16.9. The van der Waals surface area contributed by atoms with Crippen LogP contribution in [0.2, 0.25) is 0 Å². The Hall–Kier alpha value is -2.26. The van der Waals surface area contributed by atoms with Gasteiger partial charge in [-0.25, -0.2) is 18.2 Å². The molecule has 23 heavy (non-hydrogen) atoms. The summed E-state index contributed by atoms with van der Waals surface area (Å²) in [4.78, 5) is 12.7. The number of amides is 1. The second-order valence-electron chi connectivity index (χ2n) is 4.56. The van der Waals surface area contributed by atoms with Crippen LogP contribution in [0.4, 0.5) is 10.1 Å². The summed E-state index contributed by atoms with van der Waals surface area (Å²) >= 11 is 1.44. The topological polar surface area (TPSA) is 78.8 Å². The first kappa shape index (κ1) is 17.1. The third-order valence-corrected chi connectivity index (χ3v) is 4.66. The summed E-state index contributed by atoms with van der Waals surface area (Å²) in [7, 11) is -3.74. The number of hydrazone groups is 1. The molecule has 1 amide bonds. The summed E-state index contributed by atoms with van der Waals surface area (Å²) in [6.07, 6.45) is 2.40. The zero-order valence-electron chi connectivity index (χ0n) is 12.1. The number of hydrogen-bond donors (Lipinski definition) is 1. The lowest BCUT2D eigenvalue weighted by Crippen LogP contribution is -2.39. The fourth-order valence-electron chi connectivity index (χ4n) is 1.73. The summed E-state index contributed by atoms with van der Waals surface area (Å²) in [6.45, 7) is -0.496. The van der Waals surface area contributed by atoms with Crippen molar-refractivity contribution in [1.82, 2.24) is 5.43 Å². The summed E-state index contributed by atoms with van der Waals surface area (Å²) in [5.74, 6) is -1.22. The Morgan fingerprint density at radius 3 is 2.78 bits per heavy atom. The first-order valence-electron chi connectivity index (χ1n) is 6.45. The molecule has 1 N–H and O–H groups in total. The Balaban J connectivity index is 2.08. The van der Waals surface area contributed by atoms with Crippen molar-refractivity contribution >= 4 is 39.2 Å². The molecule has 0 atom stereocenters. The highest BCUT2D eigenvalue weighted by Gasteiger charge is 2.21. The lowest BCUT2D eigenvalue weighted by atomic mass is 10.3. The standard InChI is InChI=1S/C14H14FN3O3S2/c1-23(20,21)18(12-5-2-4-11(15)8-12)10-14(19)17-16-9-13-6-3-7-22-13/h2-9H,10H2,1H3,(H,17,19)/b16-9-. The SMILES string of the molecule is CS(=O)(=O)N(CC(=O)N/N=C\c1cccs1)c1cccc(F)c1. The molecule has 1 aromatic carbocycles. The number of nitrogens with zero attached hydrogens (tertiary/aromatic N) is 2. The van der Waals surface area contributed by atoms with Crippen molar-refractivity contribution in [2.75, 3.05) is 17.1 Å². The van der Waals surface area contributed by atoms with Crippen LogP contribution < -0.4 is 9.73 Å². The van der Waals surface area contributed by atoms with Gasteiger partial charge >= 0.3 is 0 Å². The van der Waals surface area contributed by atoms with Crippen LogP contribution >= 0.6 is 11.3 Å². The molecular formula is C14H14FN3O3S2. The lowest BCUT2D eigenvalue weighted by molar-refractivity contribution is -0.119. The van der Waals surface area contributed by atoms with E-state index in [0.717, 1.165) is 21.5 Å². The van der Waals surface area contributed by atoms with Crippen molar-refractivity contribution in [2.45, 2.75) is 0 Å². The Bertz CT molecular complexity index is 804. The minimum atomic E-state index is -3.74. The Kier molecular flexibility index (Phi) is 5.45. The number of halogens is 1. The number of thiophene rings is 1. The predicted octanol–water partition coefficient (Wildman–Crippen LogP) is 1.80. The molecule has 0 aliphatic rings. The maximum absolute atomic E-state index is 13.3. The zero-order valence-corrected chi connectivity index (χ0v) is 13.8. The summed E-state index contributed by atoms with van der Waals surface area (Å²) in [6, 6.07) is 8.67. The fourth-order valence-corrected chi connectivity index (χ4v) is 3.16. The first-order chi connectivity index (χ1) is 10.9. The van der Waals surface area contributed by atoms with E-state index >= 15 is 0 Å². The smallest absolute Gasteiger partial charge is 0.260 e. The van der Waals surface area contributed by atoms with Gasteiger partial charge < -0.3 is 0 Å². The average Bonchev–Trinajstić information content (AvgIpc) is 2.97. The molecule has 1 aromatic heterocycles. The van der Waals surface area contributed by atoms with Gasteiger partial charge in [-0.05, 0) is 29.6 Å². The molecule has 0 saturated heterocycles. The lowest BCUT2D eigenvalue weighted by Gasteiger charge is -2.21. The van der Waals surface area contributed by atoms with Crippen LogP contribution in [0.3, 0.4) is 0 Å². The van der Waals surface area contributed by atoms with Crippen LogP contribution in [0.15, 0.2) is 46.9 Å². The number of carbonyl (C=O) groups is 1. The van der Waals surface area contributed by atoms with Crippen molar-refractivity contribution in [3.63, 3.8) is 0 Å². The van der Waals surface area contributed by atoms with Crippen molar-refractivity contribution in [3.05, 3.63) is 52.5 Å². The van der Waals surface area contributed by atoms with E-state index in [1.165, 1.54) is 35.8 Å². The van der Waals surface area contributed by atoms with Gasteiger partial charge in [0.15, 0.2) is 0 Å². The van der Waals surface area contributed by atoms with Crippen LogP contribution in [0.5, 0.6) is 0 Å². The number of rotatable bonds is 6. The molecule has 2 rings (SSSR count). The highest BCUT2D eigenvalue weighted by molar-refractivity contribution is 7.92. The molecule has 1 heterocycles. The molecule has 0 aliphatic carbocycles. The van der Waals surface area contributed by atoms with E-state index in [1.54, 1.807) is 0 Å². The molecule has 0 saturated carbocycles. The monoisotopic (exact) mass is 355 g/mol. The van der Waals surface area contributed by atoms with Crippen LogP contribution in [0.25, 0.3) is 0 Å². The van der Waals surface area contributed by atoms with E-state index in [4.69, 9.17) is 0 Å². The molecule has 122 valence electrons. The Morgan fingerprint density at radius 2 is 2.17 bits per heavy atom. The molecule has 0 aliphatic heterocycles. The highest BCUT2D eigenvalue weighted by atomic mass is 32.2. The van der Waals surface area contributed by atoms with Crippen LogP contribution in [0, 0.1) is 5.82 Å². The maximum Gasteiger partial charge on any atom is 0.260 e. The average molecular weight is 355 g/mol. The highest BCUT2D eigenvalue weighted by Crippen LogP contribution is 2.18. The van der Waals surface area contributed by atoms with Crippen molar-refractivity contribution in [3.8, 4) is 0 Å². The number of nitrogens with one attached hydrogen (secondary N) is 1. The molecule has 0 spiro atoms. The third-order valence-electron chi connectivity index (χ3n) is 2.71. The van der Waals surface area contributed by atoms with Crippen LogP contribution in [0.1, 0.15) is 4.88 Å². The second-order valence-corrected chi connectivity index (χ2v) is 7.44. The van der Waals surface area contributed by atoms with Gasteiger partial charge in [0.05, 0.1) is 18.2 Å². The van der Waals surface area contributed by atoms with Crippen molar-refractivity contribution < 1.29 is 17.6 Å². The van der Waals surface area contributed by atoms with Crippen molar-refractivity contribution in [2.24, 2.45) is 5.10 Å². The maximum atomic E-state index is 13.3. The van der Waals surface area contributed by atoms with E-state index in [-0.39, 0.29) is 5.69 Å². The summed E-state index contributed by atoms with van der Waals surface area (Å²) in [5.41, 5.74) is 2.32. The number of hydrogen-bond acceptors (Lipinski definition) is 5. The number of carbonyl (C=O) groups excluding carboxylic acids is 1. The number of benzene rings is 1. The quantitative estimate of drug-likeness (QED) is 0.634. The van der Waals surface area contributed by atoms with Gasteiger partial charge in [0.2, 0.25) is 10.0 Å². The Morgan fingerprint density at radius 1 is 1.39 bits per heavy atom. The van der Waals surface area contributed by atoms with Gasteiger partial charge in [-0.2, -0.15) is 5.10 Å². The molecule has 2 aromatic rings. The van der Waals surface area contributed by atoms with Gasteiger partial charge in [-0.1, -0.05) is 12.1 Å². The van der Waals surface area contributed by atoms with Gasteiger partial charge in [0.1, 0.15) is 12.4 Å². The first-order valence-corrected chi connectivity index (χ1v) is 9.18. The molecule has 9 heteroatoms. The Labute approximate surface area is 137 Å². The minimum Gasteiger partial charge on any atom is -0.271 e. The summed E-state index contributed by atoms with van der Waals surface area (Å²) in [5, 5.41) is 5.61. The molecule has 6 nitrogen and oxygen atoms in total. The molecule has 0 bridgehead atoms. The molecule has 0 unspecified atom stereocenters. The summed E-state index contributed by atoms with van der Waals surface area (Å²) < 4.78 is 37.7. The molecular weight excluding hydrogens is 341 g/mol. The van der Waals surface area contributed by atoms with Gasteiger partial charge in [0.25, 0.3) is 5.91 Å². The van der Waals surface area contributed by atoms with Crippen LogP contribution in [-0.4, -0.2) is 33.3 Å². The van der Waals surface area contributed by atoms with Crippen molar-refractivity contribution in [1.29, 1.82) is 0 Å². The fraction of sp³-hybridized carbons (Fsp3) is 0.143. The molecule has 0 fully saturated rings. The van der Waals surface area contributed by atoms with E-state index in [9.17, 15) is 17.6 Å². The number of sulfonamides is 1. The van der Waals surface area contributed by atoms with Gasteiger partial charge in [-0.15, -0.1) is 11.3 Å². The number of anilines is 1. The second kappa shape index (κ2) is 7.34. The van der Waals surface area contributed by atoms with Gasteiger partial charge in [0, 0.05) is 4.88 Å². The van der Waals surface area contributed by atoms with E-state index in [2.05, 4.69) is 10.5 Å². The minimum absolute atomic E-state index is 0.0740.